The predicted molar refractivity (Wildman–Crippen MR) is 75.9 cm³/mol. The summed E-state index contributed by atoms with van der Waals surface area (Å²) in [5.74, 6) is 0. The van der Waals surface area contributed by atoms with Gasteiger partial charge in [0.05, 0.1) is 15.1 Å². The molecule has 1 aromatic carbocycles. The summed E-state index contributed by atoms with van der Waals surface area (Å²) in [7, 11) is 0. The fourth-order valence-electron chi connectivity index (χ4n) is 2.07. The van der Waals surface area contributed by atoms with Crippen LogP contribution in [0.1, 0.15) is 37.7 Å². The summed E-state index contributed by atoms with van der Waals surface area (Å²) in [6.45, 7) is 0. The summed E-state index contributed by atoms with van der Waals surface area (Å²) in [4.78, 5) is 4.56. The lowest BCUT2D eigenvalue weighted by Crippen LogP contribution is -2.09. The van der Waals surface area contributed by atoms with Gasteiger partial charge in [-0.2, -0.15) is 0 Å². The van der Waals surface area contributed by atoms with Crippen LogP contribution in [-0.2, 0) is 0 Å². The molecular formula is C13H14Cl3N. The molecule has 0 saturated heterocycles. The predicted octanol–water partition coefficient (Wildman–Crippen LogP) is 5.40. The van der Waals surface area contributed by atoms with Crippen LogP contribution in [0.15, 0.2) is 17.1 Å². The minimum atomic E-state index is 0.412. The summed E-state index contributed by atoms with van der Waals surface area (Å²) < 4.78 is 0. The second-order valence-corrected chi connectivity index (χ2v) is 5.52. The normalized spacial score (nSPS) is 17.8. The van der Waals surface area contributed by atoms with Gasteiger partial charge in [-0.15, -0.1) is 0 Å². The van der Waals surface area contributed by atoms with Crippen LogP contribution in [0, 0.1) is 0 Å². The number of hydrogen-bond acceptors (Lipinski definition) is 1. The van der Waals surface area contributed by atoms with Crippen molar-refractivity contribution in [2.24, 2.45) is 4.99 Å². The third kappa shape index (κ3) is 3.37. The van der Waals surface area contributed by atoms with E-state index in [9.17, 15) is 0 Å². The Morgan fingerprint density at radius 1 is 1.00 bits per heavy atom. The second kappa shape index (κ2) is 6.08. The van der Waals surface area contributed by atoms with Gasteiger partial charge < -0.3 is 0 Å². The Balaban J connectivity index is 2.17. The molecule has 0 heterocycles. The maximum Gasteiger partial charge on any atom is 0.0694 e. The van der Waals surface area contributed by atoms with E-state index in [-0.39, 0.29) is 0 Å². The topological polar surface area (TPSA) is 12.4 Å². The Kier molecular flexibility index (Phi) is 4.72. The highest BCUT2D eigenvalue weighted by molar-refractivity contribution is 6.45. The van der Waals surface area contributed by atoms with E-state index in [0.717, 1.165) is 18.4 Å². The molecule has 1 saturated carbocycles. The van der Waals surface area contributed by atoms with E-state index in [2.05, 4.69) is 4.99 Å². The molecule has 17 heavy (non-hydrogen) atoms. The molecule has 0 atom stereocenters. The van der Waals surface area contributed by atoms with Crippen LogP contribution in [0.5, 0.6) is 0 Å². The SMILES string of the molecule is Clc1ccc(Cl)c(C=NC2CCCCC2)c1Cl. The number of hydrogen-bond donors (Lipinski definition) is 0. The van der Waals surface area contributed by atoms with Gasteiger partial charge in [0.15, 0.2) is 0 Å². The Morgan fingerprint density at radius 2 is 1.65 bits per heavy atom. The van der Waals surface area contributed by atoms with Gasteiger partial charge in [0.25, 0.3) is 0 Å². The van der Waals surface area contributed by atoms with Crippen LogP contribution in [-0.4, -0.2) is 12.3 Å². The molecular weight excluding hydrogens is 277 g/mol. The van der Waals surface area contributed by atoms with Gasteiger partial charge >= 0.3 is 0 Å². The van der Waals surface area contributed by atoms with Crippen molar-refractivity contribution in [3.63, 3.8) is 0 Å². The van der Waals surface area contributed by atoms with Gasteiger partial charge in [-0.1, -0.05) is 54.1 Å². The average Bonchev–Trinajstić information content (AvgIpc) is 2.35. The molecule has 0 N–H and O–H groups in total. The van der Waals surface area contributed by atoms with Gasteiger partial charge in [-0.3, -0.25) is 4.99 Å². The first-order valence-corrected chi connectivity index (χ1v) is 6.98. The average molecular weight is 291 g/mol. The van der Waals surface area contributed by atoms with Crippen molar-refractivity contribution in [2.75, 3.05) is 0 Å². The highest BCUT2D eigenvalue weighted by Crippen LogP contribution is 2.30. The first kappa shape index (κ1) is 13.2. The second-order valence-electron chi connectivity index (χ2n) is 4.33. The lowest BCUT2D eigenvalue weighted by molar-refractivity contribution is 0.444. The third-order valence-electron chi connectivity index (χ3n) is 3.07. The molecule has 0 bridgehead atoms. The van der Waals surface area contributed by atoms with E-state index in [1.807, 2.05) is 0 Å². The lowest BCUT2D eigenvalue weighted by atomic mass is 9.96. The van der Waals surface area contributed by atoms with E-state index >= 15 is 0 Å². The number of benzene rings is 1. The summed E-state index contributed by atoms with van der Waals surface area (Å²) in [5, 5.41) is 1.60. The van der Waals surface area contributed by atoms with Crippen molar-refractivity contribution < 1.29 is 0 Å². The van der Waals surface area contributed by atoms with Crippen molar-refractivity contribution >= 4 is 41.0 Å². The highest BCUT2D eigenvalue weighted by Gasteiger charge is 2.12. The molecule has 2 rings (SSSR count). The van der Waals surface area contributed by atoms with Crippen LogP contribution >= 0.6 is 34.8 Å². The zero-order valence-electron chi connectivity index (χ0n) is 9.43. The zero-order chi connectivity index (χ0) is 12.3. The van der Waals surface area contributed by atoms with Crippen LogP contribution in [0.3, 0.4) is 0 Å². The quantitative estimate of drug-likeness (QED) is 0.511. The standard InChI is InChI=1S/C13H14Cl3N/c14-11-6-7-12(15)13(16)10(11)8-17-9-4-2-1-3-5-9/h6-9H,1-5H2. The zero-order valence-corrected chi connectivity index (χ0v) is 11.7. The van der Waals surface area contributed by atoms with E-state index in [4.69, 9.17) is 34.8 Å². The van der Waals surface area contributed by atoms with E-state index in [1.54, 1.807) is 18.3 Å². The first-order chi connectivity index (χ1) is 8.18. The maximum absolute atomic E-state index is 6.11. The van der Waals surface area contributed by atoms with Crippen molar-refractivity contribution in [1.29, 1.82) is 0 Å². The number of rotatable bonds is 2. The largest absolute Gasteiger partial charge is 0.289 e. The minimum absolute atomic E-state index is 0.412. The van der Waals surface area contributed by atoms with Crippen molar-refractivity contribution in [3.05, 3.63) is 32.8 Å². The Morgan fingerprint density at radius 3 is 2.35 bits per heavy atom. The third-order valence-corrected chi connectivity index (χ3v) is 4.22. The van der Waals surface area contributed by atoms with Gasteiger partial charge in [-0.25, -0.2) is 0 Å². The summed E-state index contributed by atoms with van der Waals surface area (Å²) in [5.41, 5.74) is 0.728. The number of halogens is 3. The Labute approximate surface area is 117 Å². The van der Waals surface area contributed by atoms with Gasteiger partial charge in [0, 0.05) is 17.8 Å². The molecule has 0 spiro atoms. The van der Waals surface area contributed by atoms with E-state index in [1.165, 1.54) is 19.3 Å². The van der Waals surface area contributed by atoms with Gasteiger partial charge in [0.1, 0.15) is 0 Å². The molecule has 92 valence electrons. The molecule has 0 radical (unpaired) electrons. The minimum Gasteiger partial charge on any atom is -0.289 e. The van der Waals surface area contributed by atoms with Crippen LogP contribution in [0.25, 0.3) is 0 Å². The van der Waals surface area contributed by atoms with Crippen LogP contribution < -0.4 is 0 Å². The molecule has 1 aliphatic rings. The molecule has 4 heteroatoms. The van der Waals surface area contributed by atoms with Crippen molar-refractivity contribution in [3.8, 4) is 0 Å². The summed E-state index contributed by atoms with van der Waals surface area (Å²) >= 11 is 18.1. The fourth-order valence-corrected chi connectivity index (χ4v) is 2.70. The Hall–Kier alpha value is -0.240. The molecule has 1 aliphatic carbocycles. The molecule has 0 unspecified atom stereocenters. The fraction of sp³-hybridized carbons (Fsp3) is 0.462. The van der Waals surface area contributed by atoms with Crippen LogP contribution in [0.2, 0.25) is 15.1 Å². The van der Waals surface area contributed by atoms with Gasteiger partial charge in [-0.05, 0) is 25.0 Å². The molecule has 1 aromatic rings. The summed E-state index contributed by atoms with van der Waals surface area (Å²) in [6, 6.07) is 3.86. The molecule has 0 aromatic heterocycles. The number of nitrogens with zero attached hydrogens (tertiary/aromatic N) is 1. The van der Waals surface area contributed by atoms with Crippen LogP contribution in [0.4, 0.5) is 0 Å². The monoisotopic (exact) mass is 289 g/mol. The van der Waals surface area contributed by atoms with Crippen molar-refractivity contribution in [1.82, 2.24) is 0 Å². The van der Waals surface area contributed by atoms with E-state index in [0.29, 0.717) is 21.1 Å². The number of aliphatic imine (C=N–C) groups is 1. The molecule has 1 fully saturated rings. The first-order valence-electron chi connectivity index (χ1n) is 5.85. The van der Waals surface area contributed by atoms with E-state index < -0.39 is 0 Å². The molecule has 1 nitrogen and oxygen atoms in total. The lowest BCUT2D eigenvalue weighted by Gasteiger charge is -2.17. The smallest absolute Gasteiger partial charge is 0.0694 e. The molecule has 0 aliphatic heterocycles. The van der Waals surface area contributed by atoms with Gasteiger partial charge in [0.2, 0.25) is 0 Å². The maximum atomic E-state index is 6.11. The summed E-state index contributed by atoms with van der Waals surface area (Å²) in [6.07, 6.45) is 7.94. The highest BCUT2D eigenvalue weighted by atomic mass is 35.5. The van der Waals surface area contributed by atoms with Crippen molar-refractivity contribution in [2.45, 2.75) is 38.1 Å². The Bertz CT molecular complexity index is 423. The molecule has 0 amide bonds.